The molecule has 0 heterocycles. The van der Waals surface area contributed by atoms with E-state index in [-0.39, 0.29) is 11.2 Å². The number of phenolic OH excluding ortho intramolecular Hbond substituents is 1. The van der Waals surface area contributed by atoms with Gasteiger partial charge < -0.3 is 15.3 Å². The predicted molar refractivity (Wildman–Crippen MR) is 43.7 cm³/mol. The summed E-state index contributed by atoms with van der Waals surface area (Å²) in [4.78, 5) is 10.2. The first-order valence-corrected chi connectivity index (χ1v) is 3.10. The van der Waals surface area contributed by atoms with Crippen LogP contribution in [0.15, 0.2) is 18.2 Å². The summed E-state index contributed by atoms with van der Waals surface area (Å²) in [5, 5.41) is 9.09. The van der Waals surface area contributed by atoms with E-state index < -0.39 is 0 Å². The van der Waals surface area contributed by atoms with Crippen LogP contribution < -0.4 is 4.74 Å². The molecule has 4 heteroatoms. The van der Waals surface area contributed by atoms with Crippen LogP contribution in [0.2, 0.25) is 0 Å². The van der Waals surface area contributed by atoms with Gasteiger partial charge in [0.15, 0.2) is 11.5 Å². The molecule has 0 aromatic heterocycles. The number of hydrogen-bond donors (Lipinski definition) is 1. The van der Waals surface area contributed by atoms with Gasteiger partial charge in [-0.15, -0.1) is 0 Å². The van der Waals surface area contributed by atoms with Crippen LogP contribution in [0.1, 0.15) is 10.4 Å². The molecule has 0 radical (unpaired) electrons. The third kappa shape index (κ3) is 1.96. The van der Waals surface area contributed by atoms with Gasteiger partial charge in [-0.05, 0) is 18.2 Å². The maximum atomic E-state index is 10.2. The Bertz CT molecular complexity index is 270. The molecule has 1 aromatic rings. The predicted octanol–water partition coefficient (Wildman–Crippen LogP) is 0.389. The molecule has 0 aliphatic heterocycles. The van der Waals surface area contributed by atoms with E-state index in [2.05, 4.69) is 0 Å². The first-order chi connectivity index (χ1) is 5.27. The summed E-state index contributed by atoms with van der Waals surface area (Å²) in [7, 11) is 1.43. The van der Waals surface area contributed by atoms with Crippen molar-refractivity contribution in [1.82, 2.24) is 0 Å². The van der Waals surface area contributed by atoms with Crippen molar-refractivity contribution < 1.29 is 20.1 Å². The molecule has 0 spiro atoms. The first-order valence-electron chi connectivity index (χ1n) is 3.10. The van der Waals surface area contributed by atoms with Gasteiger partial charge in [0.05, 0.1) is 7.11 Å². The van der Waals surface area contributed by atoms with Gasteiger partial charge in [-0.1, -0.05) is 0 Å². The second kappa shape index (κ2) is 4.35. The zero-order chi connectivity index (χ0) is 8.27. The van der Waals surface area contributed by atoms with Crippen LogP contribution >= 0.6 is 0 Å². The standard InChI is InChI=1S/C8H8O3.H2O/c1-11-8-4-6(5-9)2-3-7(8)10;/h2-5,10H,1H3;1H2. The van der Waals surface area contributed by atoms with Crippen molar-refractivity contribution in [2.24, 2.45) is 0 Å². The minimum atomic E-state index is 0. The number of phenols is 1. The first kappa shape index (κ1) is 10.4. The van der Waals surface area contributed by atoms with Gasteiger partial charge in [0, 0.05) is 5.56 Å². The van der Waals surface area contributed by atoms with Crippen LogP contribution in [-0.2, 0) is 0 Å². The van der Waals surface area contributed by atoms with Crippen molar-refractivity contribution >= 4 is 6.29 Å². The van der Waals surface area contributed by atoms with E-state index in [0.717, 1.165) is 0 Å². The molecule has 0 unspecified atom stereocenters. The van der Waals surface area contributed by atoms with E-state index in [1.807, 2.05) is 0 Å². The van der Waals surface area contributed by atoms with Crippen molar-refractivity contribution in [3.63, 3.8) is 0 Å². The molecule has 0 amide bonds. The monoisotopic (exact) mass is 170 g/mol. The molecule has 0 atom stereocenters. The lowest BCUT2D eigenvalue weighted by Gasteiger charge is -2.01. The molecule has 12 heavy (non-hydrogen) atoms. The van der Waals surface area contributed by atoms with Gasteiger partial charge in [-0.3, -0.25) is 4.79 Å². The van der Waals surface area contributed by atoms with Gasteiger partial charge >= 0.3 is 0 Å². The van der Waals surface area contributed by atoms with E-state index in [1.54, 1.807) is 0 Å². The van der Waals surface area contributed by atoms with Gasteiger partial charge in [-0.2, -0.15) is 0 Å². The highest BCUT2D eigenvalue weighted by atomic mass is 16.5. The van der Waals surface area contributed by atoms with Gasteiger partial charge in [-0.25, -0.2) is 0 Å². The lowest BCUT2D eigenvalue weighted by Crippen LogP contribution is -1.85. The Kier molecular flexibility index (Phi) is 3.79. The number of aldehydes is 1. The van der Waals surface area contributed by atoms with Crippen molar-refractivity contribution in [2.45, 2.75) is 0 Å². The van der Waals surface area contributed by atoms with E-state index in [4.69, 9.17) is 9.84 Å². The number of hydrogen-bond acceptors (Lipinski definition) is 3. The zero-order valence-electron chi connectivity index (χ0n) is 6.57. The number of benzene rings is 1. The Balaban J connectivity index is 0.00000121. The average Bonchev–Trinajstić information content (AvgIpc) is 2.05. The number of carbonyl (C=O) groups is 1. The maximum absolute atomic E-state index is 10.2. The van der Waals surface area contributed by atoms with E-state index in [0.29, 0.717) is 17.6 Å². The average molecular weight is 170 g/mol. The largest absolute Gasteiger partial charge is 0.504 e. The van der Waals surface area contributed by atoms with E-state index in [1.165, 1.54) is 25.3 Å². The quantitative estimate of drug-likeness (QED) is 0.652. The summed E-state index contributed by atoms with van der Waals surface area (Å²) in [5.41, 5.74) is 0.486. The third-order valence-corrected chi connectivity index (χ3v) is 1.34. The number of methoxy groups -OCH3 is 1. The Morgan fingerprint density at radius 3 is 2.67 bits per heavy atom. The lowest BCUT2D eigenvalue weighted by atomic mass is 10.2. The Morgan fingerprint density at radius 1 is 1.50 bits per heavy atom. The zero-order valence-corrected chi connectivity index (χ0v) is 6.57. The van der Waals surface area contributed by atoms with Crippen molar-refractivity contribution in [2.75, 3.05) is 7.11 Å². The summed E-state index contributed by atoms with van der Waals surface area (Å²) in [5.74, 6) is 0.354. The molecule has 0 saturated carbocycles. The second-order valence-corrected chi connectivity index (χ2v) is 2.05. The summed E-state index contributed by atoms with van der Waals surface area (Å²) in [6.07, 6.45) is 0.696. The number of ether oxygens (including phenoxy) is 1. The van der Waals surface area contributed by atoms with Crippen molar-refractivity contribution in [3.8, 4) is 11.5 Å². The normalized spacial score (nSPS) is 8.42. The number of rotatable bonds is 2. The molecule has 0 aliphatic carbocycles. The van der Waals surface area contributed by atoms with E-state index in [9.17, 15) is 4.79 Å². The van der Waals surface area contributed by atoms with E-state index >= 15 is 0 Å². The fourth-order valence-electron chi connectivity index (χ4n) is 0.768. The lowest BCUT2D eigenvalue weighted by molar-refractivity contribution is 0.112. The molecule has 0 fully saturated rings. The number of aromatic hydroxyl groups is 1. The molecule has 1 aromatic carbocycles. The molecule has 0 saturated heterocycles. The maximum Gasteiger partial charge on any atom is 0.161 e. The van der Waals surface area contributed by atoms with Crippen molar-refractivity contribution in [3.05, 3.63) is 23.8 Å². The van der Waals surface area contributed by atoms with Gasteiger partial charge in [0.2, 0.25) is 0 Å². The summed E-state index contributed by atoms with van der Waals surface area (Å²) >= 11 is 0. The SMILES string of the molecule is COc1cc(C=O)ccc1O.O. The van der Waals surface area contributed by atoms with Crippen LogP contribution in [0.25, 0.3) is 0 Å². The second-order valence-electron chi connectivity index (χ2n) is 2.05. The van der Waals surface area contributed by atoms with Crippen LogP contribution in [0.3, 0.4) is 0 Å². The minimum absolute atomic E-state index is 0. The third-order valence-electron chi connectivity index (χ3n) is 1.34. The molecule has 0 bridgehead atoms. The highest BCUT2D eigenvalue weighted by molar-refractivity contribution is 5.76. The fourth-order valence-corrected chi connectivity index (χ4v) is 0.768. The van der Waals surface area contributed by atoms with Gasteiger partial charge in [0.25, 0.3) is 0 Å². The van der Waals surface area contributed by atoms with Crippen LogP contribution in [0.5, 0.6) is 11.5 Å². The molecular weight excluding hydrogens is 160 g/mol. The molecule has 4 nitrogen and oxygen atoms in total. The summed E-state index contributed by atoms with van der Waals surface area (Å²) < 4.78 is 4.78. The van der Waals surface area contributed by atoms with Crippen LogP contribution in [0.4, 0.5) is 0 Å². The molecule has 3 N–H and O–H groups in total. The highest BCUT2D eigenvalue weighted by Crippen LogP contribution is 2.25. The summed E-state index contributed by atoms with van der Waals surface area (Å²) in [6, 6.07) is 4.41. The molecular formula is C8H10O4. The molecule has 0 aliphatic rings. The van der Waals surface area contributed by atoms with Crippen molar-refractivity contribution in [1.29, 1.82) is 0 Å². The van der Waals surface area contributed by atoms with Crippen LogP contribution in [0, 0.1) is 0 Å². The highest BCUT2D eigenvalue weighted by Gasteiger charge is 2.00. The Labute approximate surface area is 69.7 Å². The smallest absolute Gasteiger partial charge is 0.161 e. The van der Waals surface area contributed by atoms with Gasteiger partial charge in [0.1, 0.15) is 6.29 Å². The number of carbonyl (C=O) groups excluding carboxylic acids is 1. The summed E-state index contributed by atoms with van der Waals surface area (Å²) in [6.45, 7) is 0. The fraction of sp³-hybridized carbons (Fsp3) is 0.125. The Hall–Kier alpha value is -1.55. The Morgan fingerprint density at radius 2 is 2.17 bits per heavy atom. The van der Waals surface area contributed by atoms with Crippen LogP contribution in [-0.4, -0.2) is 24.0 Å². The topological polar surface area (TPSA) is 78.0 Å². The molecule has 1 rings (SSSR count). The minimum Gasteiger partial charge on any atom is -0.504 e. The molecule has 66 valence electrons.